The Morgan fingerprint density at radius 1 is 1.29 bits per heavy atom. The van der Waals surface area contributed by atoms with Crippen LogP contribution in [0.4, 0.5) is 0 Å². The maximum atomic E-state index is 12.1. The Labute approximate surface area is 133 Å². The van der Waals surface area contributed by atoms with Gasteiger partial charge in [0.15, 0.2) is 0 Å². The van der Waals surface area contributed by atoms with Gasteiger partial charge in [-0.15, -0.1) is 0 Å². The van der Waals surface area contributed by atoms with Crippen molar-refractivity contribution in [3.8, 4) is 0 Å². The molecule has 0 bridgehead atoms. The highest BCUT2D eigenvalue weighted by Gasteiger charge is 2.13. The Balaban J connectivity index is 1.94. The lowest BCUT2D eigenvalue weighted by molar-refractivity contribution is 0.561. The van der Waals surface area contributed by atoms with Crippen LogP contribution in [0.1, 0.15) is 18.9 Å². The van der Waals surface area contributed by atoms with Crippen LogP contribution in [0, 0.1) is 0 Å². The van der Waals surface area contributed by atoms with Crippen LogP contribution >= 0.6 is 15.9 Å². The van der Waals surface area contributed by atoms with E-state index in [2.05, 4.69) is 32.7 Å². The van der Waals surface area contributed by atoms with E-state index in [-0.39, 0.29) is 0 Å². The molecule has 0 aliphatic carbocycles. The highest BCUT2D eigenvalue weighted by molar-refractivity contribution is 9.10. The van der Waals surface area contributed by atoms with E-state index in [1.807, 2.05) is 12.1 Å². The quantitative estimate of drug-likeness (QED) is 0.813. The van der Waals surface area contributed by atoms with Crippen LogP contribution in [-0.4, -0.2) is 24.7 Å². The second kappa shape index (κ2) is 7.20. The molecule has 21 heavy (non-hydrogen) atoms. The predicted molar refractivity (Wildman–Crippen MR) is 85.6 cm³/mol. The molecule has 0 aliphatic heterocycles. The molecule has 0 atom stereocenters. The average molecular weight is 372 g/mol. The second-order valence-corrected chi connectivity index (χ2v) is 7.40. The Morgan fingerprint density at radius 2 is 2.00 bits per heavy atom. The molecule has 0 unspecified atom stereocenters. The number of aromatic nitrogens is 2. The maximum absolute atomic E-state index is 12.1. The topological polar surface area (TPSA) is 64.0 Å². The van der Waals surface area contributed by atoms with E-state index in [1.54, 1.807) is 29.2 Å². The summed E-state index contributed by atoms with van der Waals surface area (Å²) in [6.45, 7) is 2.88. The van der Waals surface area contributed by atoms with Gasteiger partial charge in [-0.1, -0.05) is 25.5 Å². The highest BCUT2D eigenvalue weighted by Crippen LogP contribution is 2.12. The van der Waals surface area contributed by atoms with Crippen molar-refractivity contribution in [2.24, 2.45) is 0 Å². The van der Waals surface area contributed by atoms with Crippen LogP contribution in [0.2, 0.25) is 0 Å². The van der Waals surface area contributed by atoms with E-state index in [1.165, 1.54) is 0 Å². The molecule has 114 valence electrons. The zero-order valence-electron chi connectivity index (χ0n) is 11.8. The molecule has 0 saturated heterocycles. The van der Waals surface area contributed by atoms with Crippen molar-refractivity contribution < 1.29 is 8.42 Å². The molecule has 0 spiro atoms. The fourth-order valence-corrected chi connectivity index (χ4v) is 3.31. The van der Waals surface area contributed by atoms with Crippen molar-refractivity contribution in [3.05, 3.63) is 46.7 Å². The van der Waals surface area contributed by atoms with Gasteiger partial charge in [0.2, 0.25) is 10.0 Å². The number of hydrogen-bond donors (Lipinski definition) is 1. The van der Waals surface area contributed by atoms with Crippen molar-refractivity contribution in [1.29, 1.82) is 0 Å². The molecule has 7 heteroatoms. The Bertz CT molecular complexity index is 680. The summed E-state index contributed by atoms with van der Waals surface area (Å²) >= 11 is 3.30. The molecule has 0 amide bonds. The predicted octanol–water partition coefficient (Wildman–Crippen LogP) is 2.58. The van der Waals surface area contributed by atoms with Crippen molar-refractivity contribution in [2.75, 3.05) is 6.54 Å². The van der Waals surface area contributed by atoms with Crippen LogP contribution in [0.15, 0.2) is 46.0 Å². The Morgan fingerprint density at radius 3 is 2.57 bits per heavy atom. The second-order valence-electron chi connectivity index (χ2n) is 4.71. The SMILES string of the molecule is CCCc1ccc(S(=O)(=O)NCCn2cc(Br)cn2)cc1. The molecule has 0 saturated carbocycles. The van der Waals surface area contributed by atoms with E-state index in [0.717, 1.165) is 22.9 Å². The number of sulfonamides is 1. The van der Waals surface area contributed by atoms with Crippen LogP contribution < -0.4 is 4.72 Å². The Hall–Kier alpha value is -1.18. The van der Waals surface area contributed by atoms with E-state index in [9.17, 15) is 8.42 Å². The number of nitrogens with zero attached hydrogens (tertiary/aromatic N) is 2. The molecule has 0 aliphatic rings. The van der Waals surface area contributed by atoms with Gasteiger partial charge in [-0.25, -0.2) is 13.1 Å². The minimum absolute atomic E-state index is 0.295. The molecular weight excluding hydrogens is 354 g/mol. The largest absolute Gasteiger partial charge is 0.270 e. The highest BCUT2D eigenvalue weighted by atomic mass is 79.9. The van der Waals surface area contributed by atoms with Gasteiger partial charge in [0.1, 0.15) is 0 Å². The van der Waals surface area contributed by atoms with Crippen LogP contribution in [-0.2, 0) is 23.0 Å². The monoisotopic (exact) mass is 371 g/mol. The van der Waals surface area contributed by atoms with Crippen LogP contribution in [0.3, 0.4) is 0 Å². The smallest absolute Gasteiger partial charge is 0.240 e. The molecule has 1 aromatic carbocycles. The number of nitrogens with one attached hydrogen (secondary N) is 1. The fraction of sp³-hybridized carbons (Fsp3) is 0.357. The molecule has 0 fully saturated rings. The number of halogens is 1. The maximum Gasteiger partial charge on any atom is 0.240 e. The molecular formula is C14H18BrN3O2S. The van der Waals surface area contributed by atoms with Gasteiger partial charge >= 0.3 is 0 Å². The summed E-state index contributed by atoms with van der Waals surface area (Å²) in [5, 5.41) is 4.08. The minimum Gasteiger partial charge on any atom is -0.270 e. The third-order valence-electron chi connectivity index (χ3n) is 3.01. The summed E-state index contributed by atoms with van der Waals surface area (Å²) in [6.07, 6.45) is 5.47. The van der Waals surface area contributed by atoms with Gasteiger partial charge in [0.05, 0.1) is 22.1 Å². The summed E-state index contributed by atoms with van der Waals surface area (Å²) in [7, 11) is -3.46. The first kappa shape index (κ1) is 16.2. The number of benzene rings is 1. The molecule has 1 heterocycles. The minimum atomic E-state index is -3.46. The molecule has 1 aromatic heterocycles. The average Bonchev–Trinajstić information content (AvgIpc) is 2.85. The first-order chi connectivity index (χ1) is 10.0. The Kier molecular flexibility index (Phi) is 5.55. The summed E-state index contributed by atoms with van der Waals surface area (Å²) < 4.78 is 29.4. The van der Waals surface area contributed by atoms with E-state index < -0.39 is 10.0 Å². The number of rotatable bonds is 7. The lowest BCUT2D eigenvalue weighted by Gasteiger charge is -2.07. The third kappa shape index (κ3) is 4.66. The molecule has 1 N–H and O–H groups in total. The first-order valence-electron chi connectivity index (χ1n) is 6.78. The summed E-state index contributed by atoms with van der Waals surface area (Å²) in [4.78, 5) is 0.295. The first-order valence-corrected chi connectivity index (χ1v) is 9.05. The van der Waals surface area contributed by atoms with Crippen molar-refractivity contribution in [1.82, 2.24) is 14.5 Å². The van der Waals surface area contributed by atoms with Gasteiger partial charge in [-0.05, 0) is 40.0 Å². The van der Waals surface area contributed by atoms with Crippen LogP contribution in [0.5, 0.6) is 0 Å². The standard InChI is InChI=1S/C14H18BrN3O2S/c1-2-3-12-4-6-14(7-5-12)21(19,20)17-8-9-18-11-13(15)10-16-18/h4-7,10-11,17H,2-3,8-9H2,1H3. The number of aryl methyl sites for hydroxylation is 1. The van der Waals surface area contributed by atoms with E-state index in [0.29, 0.717) is 18.0 Å². The van der Waals surface area contributed by atoms with Gasteiger partial charge < -0.3 is 0 Å². The molecule has 5 nitrogen and oxygen atoms in total. The van der Waals surface area contributed by atoms with Gasteiger partial charge in [0, 0.05) is 12.7 Å². The lowest BCUT2D eigenvalue weighted by Crippen LogP contribution is -2.27. The van der Waals surface area contributed by atoms with Crippen LogP contribution in [0.25, 0.3) is 0 Å². The molecule has 2 rings (SSSR count). The molecule has 0 radical (unpaired) electrons. The van der Waals surface area contributed by atoms with E-state index >= 15 is 0 Å². The van der Waals surface area contributed by atoms with Gasteiger partial charge in [-0.3, -0.25) is 4.68 Å². The lowest BCUT2D eigenvalue weighted by atomic mass is 10.1. The summed E-state index contributed by atoms with van der Waals surface area (Å²) in [5.41, 5.74) is 1.15. The zero-order chi connectivity index (χ0) is 15.3. The third-order valence-corrected chi connectivity index (χ3v) is 4.89. The van der Waals surface area contributed by atoms with Gasteiger partial charge in [-0.2, -0.15) is 5.10 Å². The van der Waals surface area contributed by atoms with Crippen molar-refractivity contribution >= 4 is 26.0 Å². The normalized spacial score (nSPS) is 11.7. The van der Waals surface area contributed by atoms with Gasteiger partial charge in [0.25, 0.3) is 0 Å². The zero-order valence-corrected chi connectivity index (χ0v) is 14.2. The molecule has 2 aromatic rings. The summed E-state index contributed by atoms with van der Waals surface area (Å²) in [6, 6.07) is 7.03. The van der Waals surface area contributed by atoms with Crippen molar-refractivity contribution in [2.45, 2.75) is 31.2 Å². The van der Waals surface area contributed by atoms with E-state index in [4.69, 9.17) is 0 Å². The number of hydrogen-bond acceptors (Lipinski definition) is 3. The van der Waals surface area contributed by atoms with Crippen molar-refractivity contribution in [3.63, 3.8) is 0 Å². The summed E-state index contributed by atoms with van der Waals surface area (Å²) in [5.74, 6) is 0. The fourth-order valence-electron chi connectivity index (χ4n) is 1.96.